The van der Waals surface area contributed by atoms with Crippen LogP contribution in [0.15, 0.2) is 60.7 Å². The summed E-state index contributed by atoms with van der Waals surface area (Å²) < 4.78 is 13.6. The van der Waals surface area contributed by atoms with Gasteiger partial charge in [0.25, 0.3) is 5.82 Å². The fourth-order valence-corrected chi connectivity index (χ4v) is 4.77. The summed E-state index contributed by atoms with van der Waals surface area (Å²) in [6.07, 6.45) is 0. The maximum absolute atomic E-state index is 8.75. The Morgan fingerprint density at radius 2 is 1.38 bits per heavy atom. The van der Waals surface area contributed by atoms with Crippen LogP contribution in [0.25, 0.3) is 28.1 Å². The lowest BCUT2D eigenvalue weighted by Gasteiger charge is -2.21. The van der Waals surface area contributed by atoms with Gasteiger partial charge in [-0.2, -0.15) is 4.57 Å². The Labute approximate surface area is 194 Å². The van der Waals surface area contributed by atoms with Crippen molar-refractivity contribution in [1.82, 2.24) is 4.57 Å². The molecule has 166 valence electrons. The molecule has 0 unspecified atom stereocenters. The van der Waals surface area contributed by atoms with Crippen molar-refractivity contribution in [2.75, 3.05) is 0 Å². The molecule has 0 aliphatic rings. The van der Waals surface area contributed by atoms with Gasteiger partial charge in [0, 0.05) is 12.5 Å². The largest absolute Gasteiger partial charge is 0.295 e. The maximum atomic E-state index is 8.75. The molecular weight excluding hydrogens is 388 g/mol. The lowest BCUT2D eigenvalue weighted by molar-refractivity contribution is -0.633. The van der Waals surface area contributed by atoms with E-state index >= 15 is 0 Å². The Balaban J connectivity index is 2.23. The van der Waals surface area contributed by atoms with Gasteiger partial charge in [0.05, 0.1) is 12.6 Å². The molecule has 0 saturated heterocycles. The molecule has 3 aromatic carbocycles. The van der Waals surface area contributed by atoms with Gasteiger partial charge >= 0.3 is 0 Å². The second-order valence-electron chi connectivity index (χ2n) is 9.83. The molecule has 0 saturated carbocycles. The van der Waals surface area contributed by atoms with E-state index in [1.807, 2.05) is 13.8 Å². The first-order valence-electron chi connectivity index (χ1n) is 12.3. The normalized spacial score (nSPS) is 12.8. The standard InChI is InChI=1S/C30H37N2/c1-19(2)23-17-25(20(3)4)29(26(18-23)21(5)6)32-28-16-12-11-15-27(28)31(8)30(32)24-14-10-9-13-22(24)7/h9-21H,1-8H3/q+1/i19D. The predicted octanol–water partition coefficient (Wildman–Crippen LogP) is 7.80. The monoisotopic (exact) mass is 426 g/mol. The molecule has 0 radical (unpaired) electrons. The molecular formula is C30H37N2+. The molecule has 0 amide bonds. The van der Waals surface area contributed by atoms with Gasteiger partial charge in [0.15, 0.2) is 11.0 Å². The molecule has 1 heterocycles. The van der Waals surface area contributed by atoms with E-state index in [-0.39, 0.29) is 0 Å². The minimum Gasteiger partial charge on any atom is -0.225 e. The highest BCUT2D eigenvalue weighted by Crippen LogP contribution is 2.39. The van der Waals surface area contributed by atoms with Gasteiger partial charge < -0.3 is 0 Å². The van der Waals surface area contributed by atoms with Crippen LogP contribution in [-0.4, -0.2) is 4.57 Å². The molecule has 2 heteroatoms. The van der Waals surface area contributed by atoms with E-state index in [1.54, 1.807) is 0 Å². The molecule has 1 aromatic heterocycles. The molecule has 4 aromatic rings. The number of imidazole rings is 1. The number of hydrogen-bond donors (Lipinski definition) is 0. The first kappa shape index (κ1) is 21.0. The van der Waals surface area contributed by atoms with E-state index in [4.69, 9.17) is 1.37 Å². The maximum Gasteiger partial charge on any atom is 0.295 e. The summed E-state index contributed by atoms with van der Waals surface area (Å²) in [4.78, 5) is 0. The van der Waals surface area contributed by atoms with Gasteiger partial charge in [-0.1, -0.05) is 84.0 Å². The molecule has 2 nitrogen and oxygen atoms in total. The molecule has 0 spiro atoms. The van der Waals surface area contributed by atoms with E-state index in [0.717, 1.165) is 5.56 Å². The Morgan fingerprint density at radius 3 is 1.94 bits per heavy atom. The van der Waals surface area contributed by atoms with Crippen molar-refractivity contribution in [2.45, 2.75) is 66.2 Å². The van der Waals surface area contributed by atoms with Crippen LogP contribution >= 0.6 is 0 Å². The zero-order valence-corrected chi connectivity index (χ0v) is 20.8. The topological polar surface area (TPSA) is 8.81 Å². The SMILES string of the molecule is [2H]C(C)(C)c1cc(C(C)C)c(-n2c(-c3ccccc3C)[n+](C)c3ccccc32)c(C(C)C)c1. The minimum atomic E-state index is -0.645. The summed E-state index contributed by atoms with van der Waals surface area (Å²) in [6, 6.07) is 21.9. The molecule has 32 heavy (non-hydrogen) atoms. The summed E-state index contributed by atoms with van der Waals surface area (Å²) in [5.41, 5.74) is 9.87. The van der Waals surface area contributed by atoms with Crippen LogP contribution in [0.5, 0.6) is 0 Å². The lowest BCUT2D eigenvalue weighted by atomic mass is 9.87. The highest BCUT2D eigenvalue weighted by Gasteiger charge is 2.31. The third kappa shape index (κ3) is 3.66. The number of para-hydroxylation sites is 2. The van der Waals surface area contributed by atoms with E-state index in [1.165, 1.54) is 44.8 Å². The van der Waals surface area contributed by atoms with Crippen LogP contribution in [0.4, 0.5) is 0 Å². The fourth-order valence-electron chi connectivity index (χ4n) is 4.77. The molecule has 0 bridgehead atoms. The Morgan fingerprint density at radius 1 is 0.812 bits per heavy atom. The molecule has 0 atom stereocenters. The van der Waals surface area contributed by atoms with Gasteiger partial charge in [-0.05, 0) is 54.0 Å². The van der Waals surface area contributed by atoms with Crippen molar-refractivity contribution in [3.63, 3.8) is 0 Å². The van der Waals surface area contributed by atoms with Gasteiger partial charge in [-0.15, -0.1) is 0 Å². The number of nitrogens with zero attached hydrogens (tertiary/aromatic N) is 2. The first-order valence-corrected chi connectivity index (χ1v) is 11.8. The minimum absolute atomic E-state index is 0.330. The van der Waals surface area contributed by atoms with Crippen LogP contribution in [0.1, 0.15) is 82.9 Å². The quantitative estimate of drug-likeness (QED) is 0.288. The lowest BCUT2D eigenvalue weighted by Crippen LogP contribution is -2.30. The Hall–Kier alpha value is -2.87. The van der Waals surface area contributed by atoms with Crippen LogP contribution in [0.2, 0.25) is 0 Å². The van der Waals surface area contributed by atoms with E-state index in [9.17, 15) is 0 Å². The smallest absolute Gasteiger partial charge is 0.225 e. The van der Waals surface area contributed by atoms with Crippen LogP contribution in [-0.2, 0) is 7.05 Å². The number of rotatable bonds is 5. The second-order valence-corrected chi connectivity index (χ2v) is 9.83. The van der Waals surface area contributed by atoms with Crippen molar-refractivity contribution in [1.29, 1.82) is 0 Å². The Kier molecular flexibility index (Phi) is 5.63. The van der Waals surface area contributed by atoms with Gasteiger partial charge in [-0.3, -0.25) is 0 Å². The number of aromatic nitrogens is 2. The summed E-state index contributed by atoms with van der Waals surface area (Å²) in [5, 5.41) is 0. The second kappa shape index (κ2) is 8.58. The van der Waals surface area contributed by atoms with E-state index in [2.05, 4.69) is 111 Å². The number of hydrogen-bond acceptors (Lipinski definition) is 0. The van der Waals surface area contributed by atoms with Crippen LogP contribution in [0, 0.1) is 6.92 Å². The zero-order valence-electron chi connectivity index (χ0n) is 21.8. The van der Waals surface area contributed by atoms with E-state index < -0.39 is 5.89 Å². The molecule has 0 fully saturated rings. The van der Waals surface area contributed by atoms with Crippen molar-refractivity contribution < 1.29 is 5.94 Å². The average molecular weight is 427 g/mol. The van der Waals surface area contributed by atoms with Crippen molar-refractivity contribution in [2.24, 2.45) is 7.05 Å². The van der Waals surface area contributed by atoms with Crippen LogP contribution in [0.3, 0.4) is 0 Å². The highest BCUT2D eigenvalue weighted by molar-refractivity contribution is 5.81. The summed E-state index contributed by atoms with van der Waals surface area (Å²) in [7, 11) is 2.17. The van der Waals surface area contributed by atoms with Gasteiger partial charge in [-0.25, -0.2) is 4.57 Å². The van der Waals surface area contributed by atoms with Crippen molar-refractivity contribution in [3.05, 3.63) is 82.9 Å². The number of benzene rings is 3. The summed E-state index contributed by atoms with van der Waals surface area (Å²) in [6.45, 7) is 15.2. The van der Waals surface area contributed by atoms with Crippen LogP contribution < -0.4 is 4.57 Å². The summed E-state index contributed by atoms with van der Waals surface area (Å²) >= 11 is 0. The summed E-state index contributed by atoms with van der Waals surface area (Å²) in [5.74, 6) is 1.21. The molecule has 0 N–H and O–H groups in total. The third-order valence-corrected chi connectivity index (χ3v) is 6.61. The molecule has 4 rings (SSSR count). The first-order chi connectivity index (χ1) is 15.5. The molecule has 0 aliphatic heterocycles. The number of fused-ring (bicyclic) bond motifs is 1. The van der Waals surface area contributed by atoms with Crippen molar-refractivity contribution in [3.8, 4) is 17.1 Å². The molecule has 0 aliphatic carbocycles. The third-order valence-electron chi connectivity index (χ3n) is 6.61. The number of aryl methyl sites for hydroxylation is 2. The van der Waals surface area contributed by atoms with Gasteiger partial charge in [0.1, 0.15) is 5.69 Å². The predicted molar refractivity (Wildman–Crippen MR) is 137 cm³/mol. The van der Waals surface area contributed by atoms with E-state index in [0.29, 0.717) is 11.8 Å². The fraction of sp³-hybridized carbons (Fsp3) is 0.367. The average Bonchev–Trinajstić information content (AvgIpc) is 3.04. The Bertz CT molecular complexity index is 1290. The van der Waals surface area contributed by atoms with Gasteiger partial charge in [0.2, 0.25) is 0 Å². The zero-order chi connectivity index (χ0) is 24.1. The highest BCUT2D eigenvalue weighted by atomic mass is 15.2. The van der Waals surface area contributed by atoms with Crippen molar-refractivity contribution >= 4 is 11.0 Å².